The topological polar surface area (TPSA) is 79.4 Å². The van der Waals surface area contributed by atoms with E-state index in [-0.39, 0.29) is 10.8 Å². The van der Waals surface area contributed by atoms with Crippen molar-refractivity contribution < 1.29 is 13.2 Å². The fraction of sp³-hybridized carbons (Fsp3) is 0.333. The third-order valence-corrected chi connectivity index (χ3v) is 5.81. The maximum atomic E-state index is 12.2. The minimum Gasteiger partial charge on any atom is -0.301 e. The Bertz CT molecular complexity index is 841. The average Bonchev–Trinajstić information content (AvgIpc) is 2.87. The van der Waals surface area contributed by atoms with Gasteiger partial charge in [-0.15, -0.1) is 11.3 Å². The van der Waals surface area contributed by atoms with Gasteiger partial charge in [-0.05, 0) is 31.3 Å². The van der Waals surface area contributed by atoms with Gasteiger partial charge in [0.05, 0.1) is 10.6 Å². The minimum atomic E-state index is -3.26. The molecule has 3 rings (SSSR count). The van der Waals surface area contributed by atoms with Crippen LogP contribution in [-0.2, 0) is 22.8 Å². The lowest BCUT2D eigenvalue weighted by Gasteiger charge is -2.20. The Morgan fingerprint density at radius 3 is 2.65 bits per heavy atom. The van der Waals surface area contributed by atoms with Gasteiger partial charge < -0.3 is 4.90 Å². The first-order valence-electron chi connectivity index (χ1n) is 7.11. The summed E-state index contributed by atoms with van der Waals surface area (Å²) in [6.07, 6.45) is 2.03. The van der Waals surface area contributed by atoms with Crippen LogP contribution in [0.2, 0.25) is 0 Å². The molecular formula is C15H17N3O3S2. The lowest BCUT2D eigenvalue weighted by Crippen LogP contribution is -2.25. The molecule has 0 fully saturated rings. The van der Waals surface area contributed by atoms with Crippen LogP contribution in [0.15, 0.2) is 29.2 Å². The predicted molar refractivity (Wildman–Crippen MR) is 89.7 cm³/mol. The summed E-state index contributed by atoms with van der Waals surface area (Å²) in [5.74, 6) is -0.287. The number of rotatable bonds is 3. The highest BCUT2D eigenvalue weighted by Crippen LogP contribution is 2.28. The van der Waals surface area contributed by atoms with Crippen molar-refractivity contribution in [1.82, 2.24) is 9.88 Å². The van der Waals surface area contributed by atoms with Crippen molar-refractivity contribution >= 4 is 32.2 Å². The maximum absolute atomic E-state index is 12.2. The smallest absolute Gasteiger partial charge is 0.257 e. The summed E-state index contributed by atoms with van der Waals surface area (Å²) in [5.41, 5.74) is 1.46. The van der Waals surface area contributed by atoms with E-state index in [0.29, 0.717) is 10.7 Å². The molecule has 2 aromatic rings. The molecule has 0 unspecified atom stereocenters. The summed E-state index contributed by atoms with van der Waals surface area (Å²) in [5, 5.41) is 3.37. The van der Waals surface area contributed by atoms with Crippen LogP contribution < -0.4 is 5.32 Å². The summed E-state index contributed by atoms with van der Waals surface area (Å²) in [4.78, 5) is 20.3. The summed E-state index contributed by atoms with van der Waals surface area (Å²) in [6, 6.07) is 5.89. The molecule has 2 heterocycles. The molecule has 23 heavy (non-hydrogen) atoms. The van der Waals surface area contributed by atoms with E-state index in [0.717, 1.165) is 31.5 Å². The quantitative estimate of drug-likeness (QED) is 0.912. The SMILES string of the molecule is CN1CCc2nc(NC(=O)c3ccc(S(C)(=O)=O)cc3)sc2C1. The monoisotopic (exact) mass is 351 g/mol. The zero-order valence-corrected chi connectivity index (χ0v) is 14.5. The summed E-state index contributed by atoms with van der Waals surface area (Å²) in [6.45, 7) is 1.82. The van der Waals surface area contributed by atoms with Crippen LogP contribution in [0.5, 0.6) is 0 Å². The third kappa shape index (κ3) is 3.60. The molecular weight excluding hydrogens is 334 g/mol. The highest BCUT2D eigenvalue weighted by molar-refractivity contribution is 7.90. The molecule has 0 bridgehead atoms. The zero-order valence-electron chi connectivity index (χ0n) is 12.9. The van der Waals surface area contributed by atoms with Crippen LogP contribution in [-0.4, -0.2) is 44.1 Å². The molecule has 0 spiro atoms. The Hall–Kier alpha value is -1.77. The molecule has 6 nitrogen and oxygen atoms in total. The van der Waals surface area contributed by atoms with E-state index in [1.165, 1.54) is 40.5 Å². The van der Waals surface area contributed by atoms with Crippen molar-refractivity contribution in [1.29, 1.82) is 0 Å². The average molecular weight is 351 g/mol. The second-order valence-electron chi connectivity index (χ2n) is 5.63. The van der Waals surface area contributed by atoms with Crippen LogP contribution in [0.25, 0.3) is 0 Å². The van der Waals surface area contributed by atoms with Crippen molar-refractivity contribution in [3.8, 4) is 0 Å². The van der Waals surface area contributed by atoms with Gasteiger partial charge >= 0.3 is 0 Å². The Morgan fingerprint density at radius 1 is 1.30 bits per heavy atom. The lowest BCUT2D eigenvalue weighted by atomic mass is 10.2. The van der Waals surface area contributed by atoms with Crippen LogP contribution >= 0.6 is 11.3 Å². The fourth-order valence-corrected chi connectivity index (χ4v) is 4.11. The number of amides is 1. The summed E-state index contributed by atoms with van der Waals surface area (Å²) >= 11 is 1.49. The Morgan fingerprint density at radius 2 is 2.00 bits per heavy atom. The summed E-state index contributed by atoms with van der Waals surface area (Å²) in [7, 11) is -1.20. The molecule has 1 amide bonds. The van der Waals surface area contributed by atoms with E-state index in [4.69, 9.17) is 0 Å². The number of nitrogens with one attached hydrogen (secondary N) is 1. The van der Waals surface area contributed by atoms with E-state index >= 15 is 0 Å². The Kier molecular flexibility index (Phi) is 4.22. The second-order valence-corrected chi connectivity index (χ2v) is 8.73. The summed E-state index contributed by atoms with van der Waals surface area (Å²) < 4.78 is 22.9. The molecule has 0 atom stereocenters. The van der Waals surface area contributed by atoms with Gasteiger partial charge in [0.15, 0.2) is 15.0 Å². The highest BCUT2D eigenvalue weighted by Gasteiger charge is 2.19. The molecule has 0 aliphatic carbocycles. The fourth-order valence-electron chi connectivity index (χ4n) is 2.40. The first-order valence-corrected chi connectivity index (χ1v) is 9.82. The van der Waals surface area contributed by atoms with Crippen molar-refractivity contribution in [2.75, 3.05) is 25.2 Å². The molecule has 1 aromatic carbocycles. The van der Waals surface area contributed by atoms with Crippen molar-refractivity contribution in [3.05, 3.63) is 40.4 Å². The number of carbonyl (C=O) groups is 1. The van der Waals surface area contributed by atoms with Gasteiger partial charge in [0.1, 0.15) is 0 Å². The molecule has 1 aliphatic rings. The molecule has 8 heteroatoms. The van der Waals surface area contributed by atoms with Gasteiger partial charge in [-0.1, -0.05) is 0 Å². The number of thiazole rings is 1. The third-order valence-electron chi connectivity index (χ3n) is 3.69. The van der Waals surface area contributed by atoms with Gasteiger partial charge in [-0.25, -0.2) is 13.4 Å². The number of sulfone groups is 1. The van der Waals surface area contributed by atoms with Gasteiger partial charge in [0.25, 0.3) is 5.91 Å². The van der Waals surface area contributed by atoms with Crippen LogP contribution in [0, 0.1) is 0 Å². The van der Waals surface area contributed by atoms with Gasteiger partial charge in [-0.3, -0.25) is 10.1 Å². The van der Waals surface area contributed by atoms with Crippen LogP contribution in [0.1, 0.15) is 20.9 Å². The number of benzene rings is 1. The van der Waals surface area contributed by atoms with Crippen molar-refractivity contribution in [2.24, 2.45) is 0 Å². The first-order chi connectivity index (χ1) is 10.8. The second kappa shape index (κ2) is 6.03. The molecule has 1 aromatic heterocycles. The Labute approximate surface area is 139 Å². The number of anilines is 1. The van der Waals surface area contributed by atoms with Gasteiger partial charge in [-0.2, -0.15) is 0 Å². The number of fused-ring (bicyclic) bond motifs is 1. The van der Waals surface area contributed by atoms with E-state index in [9.17, 15) is 13.2 Å². The number of aromatic nitrogens is 1. The molecule has 0 saturated carbocycles. The number of hydrogen-bond acceptors (Lipinski definition) is 6. The predicted octanol–water partition coefficient (Wildman–Crippen LogP) is 1.79. The standard InChI is InChI=1S/C15H17N3O3S2/c1-18-8-7-12-13(9-18)22-15(16-12)17-14(19)10-3-5-11(6-4-10)23(2,20)21/h3-6H,7-9H2,1-2H3,(H,16,17,19). The molecule has 0 radical (unpaired) electrons. The number of likely N-dealkylation sites (N-methyl/N-ethyl adjacent to an activating group) is 1. The lowest BCUT2D eigenvalue weighted by molar-refractivity contribution is 0.102. The number of hydrogen-bond donors (Lipinski definition) is 1. The van der Waals surface area contributed by atoms with Gasteiger partial charge in [0, 0.05) is 36.2 Å². The van der Waals surface area contributed by atoms with E-state index < -0.39 is 9.84 Å². The molecule has 122 valence electrons. The first kappa shape index (κ1) is 16.1. The van der Waals surface area contributed by atoms with Crippen LogP contribution in [0.3, 0.4) is 0 Å². The number of carbonyl (C=O) groups excluding carboxylic acids is 1. The number of nitrogens with zero attached hydrogens (tertiary/aromatic N) is 2. The van der Waals surface area contributed by atoms with Crippen molar-refractivity contribution in [2.45, 2.75) is 17.9 Å². The minimum absolute atomic E-state index is 0.196. The van der Waals surface area contributed by atoms with E-state index in [1.54, 1.807) is 0 Å². The van der Waals surface area contributed by atoms with E-state index in [2.05, 4.69) is 22.2 Å². The van der Waals surface area contributed by atoms with Gasteiger partial charge in [0.2, 0.25) is 0 Å². The highest BCUT2D eigenvalue weighted by atomic mass is 32.2. The zero-order chi connectivity index (χ0) is 16.6. The largest absolute Gasteiger partial charge is 0.301 e. The normalized spacial score (nSPS) is 15.2. The molecule has 1 N–H and O–H groups in total. The molecule has 1 aliphatic heterocycles. The Balaban J connectivity index is 1.74. The molecule has 0 saturated heterocycles. The van der Waals surface area contributed by atoms with Crippen LogP contribution in [0.4, 0.5) is 5.13 Å². The van der Waals surface area contributed by atoms with E-state index in [1.807, 2.05) is 0 Å². The maximum Gasteiger partial charge on any atom is 0.257 e. The van der Waals surface area contributed by atoms with Crippen molar-refractivity contribution in [3.63, 3.8) is 0 Å².